The van der Waals surface area contributed by atoms with E-state index in [2.05, 4.69) is 27.7 Å². The van der Waals surface area contributed by atoms with Gasteiger partial charge in [0.1, 0.15) is 11.2 Å². The lowest BCUT2D eigenvalue weighted by Gasteiger charge is -2.44. The van der Waals surface area contributed by atoms with E-state index < -0.39 is 22.7 Å². The lowest BCUT2D eigenvalue weighted by atomic mass is 9.67. The number of carbonyl (C=O) groups excluding carboxylic acids is 2. The molecular formula is C35H58O6. The van der Waals surface area contributed by atoms with Crippen LogP contribution in [0.5, 0.6) is 0 Å². The van der Waals surface area contributed by atoms with E-state index in [0.717, 1.165) is 19.3 Å². The summed E-state index contributed by atoms with van der Waals surface area (Å²) < 4.78 is 6.28. The molecule has 41 heavy (non-hydrogen) atoms. The number of fused-ring (bicyclic) bond motifs is 1. The predicted octanol–water partition coefficient (Wildman–Crippen LogP) is 6.99. The molecule has 0 saturated heterocycles. The van der Waals surface area contributed by atoms with Crippen LogP contribution < -0.4 is 0 Å². The quantitative estimate of drug-likeness (QED) is 0.0982. The molecule has 0 amide bonds. The Balaban J connectivity index is 1.57. The van der Waals surface area contributed by atoms with Gasteiger partial charge in [-0.05, 0) is 43.3 Å². The molecule has 6 atom stereocenters. The molecular weight excluding hydrogens is 516 g/mol. The zero-order valence-corrected chi connectivity index (χ0v) is 26.8. The fourth-order valence-corrected chi connectivity index (χ4v) is 7.78. The number of rotatable bonds is 17. The van der Waals surface area contributed by atoms with Gasteiger partial charge in [-0.25, -0.2) is 0 Å². The van der Waals surface area contributed by atoms with E-state index >= 15 is 0 Å². The van der Waals surface area contributed by atoms with Gasteiger partial charge in [-0.3, -0.25) is 9.59 Å². The van der Waals surface area contributed by atoms with E-state index in [1.165, 1.54) is 51.4 Å². The minimum absolute atomic E-state index is 0.0108. The van der Waals surface area contributed by atoms with E-state index in [1.54, 1.807) is 19.1 Å². The van der Waals surface area contributed by atoms with E-state index in [4.69, 9.17) is 4.74 Å². The number of ether oxygens (including phenoxy) is 1. The van der Waals surface area contributed by atoms with Crippen molar-refractivity contribution in [2.24, 2.45) is 23.2 Å². The number of hydrogen-bond acceptors (Lipinski definition) is 6. The van der Waals surface area contributed by atoms with Crippen LogP contribution in [0.25, 0.3) is 0 Å². The Morgan fingerprint density at radius 2 is 1.56 bits per heavy atom. The first-order valence-electron chi connectivity index (χ1n) is 16.5. The second-order valence-corrected chi connectivity index (χ2v) is 14.2. The van der Waals surface area contributed by atoms with Crippen molar-refractivity contribution in [1.29, 1.82) is 0 Å². The Morgan fingerprint density at radius 1 is 1.02 bits per heavy atom. The third-order valence-electron chi connectivity index (χ3n) is 11.2. The highest BCUT2D eigenvalue weighted by molar-refractivity contribution is 6.04. The topological polar surface area (TPSA) is 104 Å². The fraction of sp³-hybridized carbons (Fsp3) is 0.829. The number of unbranched alkanes of at least 4 members (excludes halogenated alkanes) is 10. The SMILES string of the molecule is CCCCCCCCCCCCCC(=O)O[C@@]1(C[C@@H](C)[C@@]2(O)CC=C(CO)C[C@]3(O)C(=O)C(C)=C[C@@H]23)[C@H](C)C1(C)C. The minimum Gasteiger partial charge on any atom is -0.458 e. The van der Waals surface area contributed by atoms with Crippen LogP contribution in [0.1, 0.15) is 138 Å². The van der Waals surface area contributed by atoms with Crippen molar-refractivity contribution < 1.29 is 29.6 Å². The largest absolute Gasteiger partial charge is 0.458 e. The van der Waals surface area contributed by atoms with Crippen LogP contribution >= 0.6 is 0 Å². The zero-order chi connectivity index (χ0) is 30.5. The summed E-state index contributed by atoms with van der Waals surface area (Å²) in [4.78, 5) is 26.1. The molecule has 3 rings (SSSR count). The van der Waals surface area contributed by atoms with Crippen LogP contribution in [0.15, 0.2) is 23.3 Å². The highest BCUT2D eigenvalue weighted by Gasteiger charge is 2.73. The molecule has 234 valence electrons. The number of Topliss-reactive ketones (excluding diaryl/α,β-unsaturated/α-hetero) is 1. The highest BCUT2D eigenvalue weighted by Crippen LogP contribution is 2.67. The molecule has 1 saturated carbocycles. The van der Waals surface area contributed by atoms with Gasteiger partial charge in [0.15, 0.2) is 5.78 Å². The molecule has 0 radical (unpaired) electrons. The molecule has 0 bridgehead atoms. The van der Waals surface area contributed by atoms with Crippen molar-refractivity contribution in [3.63, 3.8) is 0 Å². The molecule has 0 spiro atoms. The summed E-state index contributed by atoms with van der Waals surface area (Å²) in [5.41, 5.74) is -3.14. The summed E-state index contributed by atoms with van der Waals surface area (Å²) in [6.07, 6.45) is 18.1. The van der Waals surface area contributed by atoms with E-state index in [1.807, 2.05) is 6.92 Å². The summed E-state index contributed by atoms with van der Waals surface area (Å²) >= 11 is 0. The third-order valence-corrected chi connectivity index (χ3v) is 11.2. The van der Waals surface area contributed by atoms with E-state index in [0.29, 0.717) is 24.0 Å². The number of carbonyl (C=O) groups is 2. The molecule has 0 aromatic heterocycles. The van der Waals surface area contributed by atoms with Crippen LogP contribution in [-0.4, -0.2) is 50.5 Å². The van der Waals surface area contributed by atoms with E-state index in [9.17, 15) is 24.9 Å². The zero-order valence-electron chi connectivity index (χ0n) is 26.8. The maximum absolute atomic E-state index is 13.1. The van der Waals surface area contributed by atoms with Crippen molar-refractivity contribution >= 4 is 11.8 Å². The molecule has 1 fully saturated rings. The summed E-state index contributed by atoms with van der Waals surface area (Å²) in [6.45, 7) is 11.9. The van der Waals surface area contributed by atoms with Gasteiger partial charge in [-0.2, -0.15) is 0 Å². The summed E-state index contributed by atoms with van der Waals surface area (Å²) in [5, 5.41) is 33.6. The Kier molecular flexibility index (Phi) is 11.5. The summed E-state index contributed by atoms with van der Waals surface area (Å²) in [7, 11) is 0. The first-order chi connectivity index (χ1) is 19.3. The smallest absolute Gasteiger partial charge is 0.306 e. The molecule has 3 aliphatic carbocycles. The van der Waals surface area contributed by atoms with Gasteiger partial charge in [0.05, 0.1) is 12.2 Å². The maximum Gasteiger partial charge on any atom is 0.306 e. The number of aliphatic hydroxyl groups excluding tert-OH is 1. The van der Waals surface area contributed by atoms with Gasteiger partial charge in [0, 0.05) is 30.1 Å². The summed E-state index contributed by atoms with van der Waals surface area (Å²) in [6, 6.07) is 0. The highest BCUT2D eigenvalue weighted by atomic mass is 16.6. The molecule has 6 heteroatoms. The number of aliphatic hydroxyl groups is 3. The van der Waals surface area contributed by atoms with Crippen LogP contribution in [0.2, 0.25) is 0 Å². The summed E-state index contributed by atoms with van der Waals surface area (Å²) in [5.74, 6) is -1.61. The lowest BCUT2D eigenvalue weighted by molar-refractivity contribution is -0.164. The van der Waals surface area contributed by atoms with Crippen molar-refractivity contribution in [3.05, 3.63) is 23.3 Å². The molecule has 6 nitrogen and oxygen atoms in total. The number of hydrogen-bond donors (Lipinski definition) is 3. The van der Waals surface area contributed by atoms with Gasteiger partial charge in [-0.15, -0.1) is 0 Å². The second-order valence-electron chi connectivity index (χ2n) is 14.2. The molecule has 0 aromatic carbocycles. The first kappa shape index (κ1) is 34.0. The van der Waals surface area contributed by atoms with Gasteiger partial charge in [-0.1, -0.05) is 111 Å². The second kappa shape index (κ2) is 13.9. The van der Waals surface area contributed by atoms with Crippen molar-refractivity contribution in [2.75, 3.05) is 6.61 Å². The number of esters is 1. The van der Waals surface area contributed by atoms with Gasteiger partial charge in [0.2, 0.25) is 0 Å². The monoisotopic (exact) mass is 574 g/mol. The number of ketones is 1. The van der Waals surface area contributed by atoms with Crippen LogP contribution in [0.4, 0.5) is 0 Å². The molecule has 0 aromatic rings. The standard InChI is InChI=1S/C35H58O6/c1-7-8-9-10-11-12-13-14-15-16-17-18-30(37)41-35(27(4)32(35,5)6)22-26(3)33(39)20-19-28(24-36)23-34(40)29(33)21-25(2)31(34)38/h19,21,26-27,29,36,39-40H,7-18,20,22-24H2,1-6H3/t26-,27-,29+,33+,34-,35+/m1/s1. The lowest BCUT2D eigenvalue weighted by Crippen LogP contribution is -2.55. The average molecular weight is 575 g/mol. The predicted molar refractivity (Wildman–Crippen MR) is 163 cm³/mol. The average Bonchev–Trinajstić information content (AvgIpc) is 3.27. The first-order valence-corrected chi connectivity index (χ1v) is 16.5. The molecule has 0 unspecified atom stereocenters. The molecule has 3 aliphatic rings. The van der Waals surface area contributed by atoms with Gasteiger partial charge in [0.25, 0.3) is 0 Å². The Hall–Kier alpha value is -1.50. The third kappa shape index (κ3) is 7.02. The van der Waals surface area contributed by atoms with Crippen LogP contribution in [0, 0.1) is 23.2 Å². The van der Waals surface area contributed by atoms with Crippen LogP contribution in [-0.2, 0) is 14.3 Å². The Labute approximate surface area is 249 Å². The van der Waals surface area contributed by atoms with Gasteiger partial charge >= 0.3 is 5.97 Å². The fourth-order valence-electron chi connectivity index (χ4n) is 7.78. The Bertz CT molecular complexity index is 981. The maximum atomic E-state index is 13.1. The normalized spacial score (nSPS) is 33.0. The molecule has 3 N–H and O–H groups in total. The molecule has 0 heterocycles. The molecule has 0 aliphatic heterocycles. The van der Waals surface area contributed by atoms with Crippen LogP contribution in [0.3, 0.4) is 0 Å². The van der Waals surface area contributed by atoms with E-state index in [-0.39, 0.29) is 48.5 Å². The van der Waals surface area contributed by atoms with Gasteiger partial charge < -0.3 is 20.1 Å². The van der Waals surface area contributed by atoms with Crippen molar-refractivity contribution in [2.45, 2.75) is 155 Å². The minimum atomic E-state index is -1.78. The van der Waals surface area contributed by atoms with Crippen molar-refractivity contribution in [3.8, 4) is 0 Å². The Morgan fingerprint density at radius 3 is 2.07 bits per heavy atom. The van der Waals surface area contributed by atoms with Crippen molar-refractivity contribution in [1.82, 2.24) is 0 Å².